The van der Waals surface area contributed by atoms with E-state index in [9.17, 15) is 13.2 Å². The number of hydrogen-bond donors (Lipinski definition) is 0. The van der Waals surface area contributed by atoms with Gasteiger partial charge >= 0.3 is 0 Å². The first kappa shape index (κ1) is 40.4. The molecule has 0 saturated carbocycles. The normalized spacial score (nSPS) is 4.00. The predicted octanol–water partition coefficient (Wildman–Crippen LogP) is 0.243. The molecular formula is C5H4CoF3O4-5. The molecule has 0 aliphatic rings. The number of carbonyl (C=O) groups excluding carboxylic acids is 4. The summed E-state index contributed by atoms with van der Waals surface area (Å²) in [6, 6.07) is 0. The van der Waals surface area contributed by atoms with Gasteiger partial charge in [0.05, 0.1) is 0 Å². The summed E-state index contributed by atoms with van der Waals surface area (Å²) in [4.78, 5) is 31.0. The molecule has 8 heteroatoms. The van der Waals surface area contributed by atoms with Gasteiger partial charge in [-0.25, -0.2) is 0 Å². The Balaban J connectivity index is -0.0000000122. The zero-order valence-corrected chi connectivity index (χ0v) is 6.95. The summed E-state index contributed by atoms with van der Waals surface area (Å²) >= 11 is 0. The minimum atomic E-state index is -3.08. The molecule has 0 saturated heterocycles. The first-order valence-corrected chi connectivity index (χ1v) is 1.51. The van der Waals surface area contributed by atoms with E-state index in [1.807, 2.05) is 0 Å². The predicted molar refractivity (Wildman–Crippen MR) is 33.6 cm³/mol. The molecular weight excluding hydrogens is 240 g/mol. The third kappa shape index (κ3) is 844. The van der Waals surface area contributed by atoms with Crippen LogP contribution in [0.15, 0.2) is 0 Å². The maximum Gasteiger partial charge on any atom is 0.154 e. The standard InChI is InChI=1S/CF3.4CHO.Co/c2-1(3)4;4*1-2;/h;4*1H;/q5*-1;. The second kappa shape index (κ2) is 280. The minimum Gasteiger partial charge on any atom is -0.545 e. The summed E-state index contributed by atoms with van der Waals surface area (Å²) in [5.74, 6) is 0. The molecule has 0 bridgehead atoms. The number of halogens is 3. The maximum atomic E-state index is 9.58. The second-order valence-corrected chi connectivity index (χ2v) is 0.214. The van der Waals surface area contributed by atoms with Crippen molar-refractivity contribution in [3.8, 4) is 0 Å². The zero-order chi connectivity index (χ0) is 11.6. The van der Waals surface area contributed by atoms with Gasteiger partial charge in [0.1, 0.15) is 0 Å². The average molecular weight is 244 g/mol. The molecule has 0 atom stereocenters. The Hall–Kier alpha value is -1.02. The van der Waals surface area contributed by atoms with Gasteiger partial charge < -0.3 is 32.3 Å². The molecule has 0 N–H and O–H groups in total. The van der Waals surface area contributed by atoms with Crippen molar-refractivity contribution < 1.29 is 49.1 Å². The second-order valence-electron chi connectivity index (χ2n) is 0.214. The van der Waals surface area contributed by atoms with Gasteiger partial charge in [0, 0.05) is 16.8 Å². The molecule has 0 aliphatic carbocycles. The summed E-state index contributed by atoms with van der Waals surface area (Å²) < 4.78 is 28.8. The fraction of sp³-hybridized carbons (Fsp3) is 0. The van der Waals surface area contributed by atoms with Gasteiger partial charge in [-0.1, -0.05) is 0 Å². The molecule has 4 nitrogen and oxygen atoms in total. The molecule has 0 rings (SSSR count). The van der Waals surface area contributed by atoms with E-state index in [0.29, 0.717) is 0 Å². The smallest absolute Gasteiger partial charge is 0.154 e. The van der Waals surface area contributed by atoms with Crippen LogP contribution in [0.3, 0.4) is 0 Å². The van der Waals surface area contributed by atoms with E-state index in [1.165, 1.54) is 0 Å². The van der Waals surface area contributed by atoms with Gasteiger partial charge in [0.25, 0.3) is 0 Å². The molecule has 0 aromatic carbocycles. The van der Waals surface area contributed by atoms with Gasteiger partial charge in [-0.15, -0.1) is 0 Å². The van der Waals surface area contributed by atoms with E-state index in [2.05, 4.69) is 27.2 Å². The van der Waals surface area contributed by atoms with E-state index < -0.39 is 6.68 Å². The zero-order valence-electron chi connectivity index (χ0n) is 5.91. The van der Waals surface area contributed by atoms with Crippen LogP contribution in [0.5, 0.6) is 0 Å². The molecule has 0 spiro atoms. The molecule has 0 unspecified atom stereocenters. The summed E-state index contributed by atoms with van der Waals surface area (Å²) in [6.07, 6.45) is 0. The Bertz CT molecular complexity index is 50.3. The first-order valence-electron chi connectivity index (χ1n) is 1.51. The van der Waals surface area contributed by atoms with Gasteiger partial charge in [-0.3, -0.25) is 27.2 Å². The van der Waals surface area contributed by atoms with Crippen LogP contribution in [0.1, 0.15) is 0 Å². The van der Waals surface area contributed by atoms with Crippen molar-refractivity contribution >= 4 is 27.2 Å². The van der Waals surface area contributed by atoms with Crippen LogP contribution in [0.4, 0.5) is 13.2 Å². The number of hydrogen-bond acceptors (Lipinski definition) is 4. The molecule has 0 aromatic heterocycles. The molecule has 0 aliphatic heterocycles. The summed E-state index contributed by atoms with van der Waals surface area (Å²) in [6.45, 7) is 9.92. The Labute approximate surface area is 83.7 Å². The first-order chi connectivity index (χ1) is 5.73. The summed E-state index contributed by atoms with van der Waals surface area (Å²) in [5.41, 5.74) is 0. The van der Waals surface area contributed by atoms with E-state index in [0.717, 1.165) is 0 Å². The molecule has 0 amide bonds. The van der Waals surface area contributed by atoms with Crippen LogP contribution in [-0.2, 0) is 36.0 Å². The van der Waals surface area contributed by atoms with Crippen LogP contribution in [0.25, 0.3) is 0 Å². The Morgan fingerprint density at radius 1 is 0.615 bits per heavy atom. The van der Waals surface area contributed by atoms with Gasteiger partial charge in [0.2, 0.25) is 0 Å². The molecule has 0 aromatic rings. The van der Waals surface area contributed by atoms with E-state index in [-0.39, 0.29) is 16.8 Å². The summed E-state index contributed by atoms with van der Waals surface area (Å²) in [7, 11) is 0. The molecule has 0 fully saturated rings. The van der Waals surface area contributed by atoms with E-state index in [4.69, 9.17) is 19.2 Å². The van der Waals surface area contributed by atoms with Crippen molar-refractivity contribution in [2.24, 2.45) is 0 Å². The maximum absolute atomic E-state index is 9.58. The summed E-state index contributed by atoms with van der Waals surface area (Å²) in [5, 5.41) is 0. The van der Waals surface area contributed by atoms with E-state index >= 15 is 0 Å². The van der Waals surface area contributed by atoms with Crippen LogP contribution < -0.4 is 0 Å². The van der Waals surface area contributed by atoms with Crippen LogP contribution in [0.2, 0.25) is 0 Å². The largest absolute Gasteiger partial charge is 0.545 e. The van der Waals surface area contributed by atoms with Crippen molar-refractivity contribution in [2.45, 2.75) is 0 Å². The number of rotatable bonds is 0. The molecule has 83 valence electrons. The molecule has 13 heavy (non-hydrogen) atoms. The van der Waals surface area contributed by atoms with Gasteiger partial charge in [-0.2, -0.15) is 0 Å². The third-order valence-corrected chi connectivity index (χ3v) is 0. The molecule has 1 radical (unpaired) electrons. The van der Waals surface area contributed by atoms with Gasteiger partial charge in [-0.05, 0) is 0 Å². The van der Waals surface area contributed by atoms with Crippen molar-refractivity contribution in [1.82, 2.24) is 0 Å². The van der Waals surface area contributed by atoms with Crippen LogP contribution in [-0.4, -0.2) is 27.2 Å². The molecule has 0 heterocycles. The average Bonchev–Trinajstić information content (AvgIpc) is 2.16. The Morgan fingerprint density at radius 2 is 0.615 bits per heavy atom. The quantitative estimate of drug-likeness (QED) is 0.452. The SMILES string of the molecule is F[C-](F)F.[CH-]=O.[CH-]=O.[CH-]=O.[CH-]=O.[Co]. The van der Waals surface area contributed by atoms with Crippen molar-refractivity contribution in [1.29, 1.82) is 0 Å². The van der Waals surface area contributed by atoms with E-state index in [1.54, 1.807) is 0 Å². The van der Waals surface area contributed by atoms with Gasteiger partial charge in [0.15, 0.2) is 6.68 Å². The van der Waals surface area contributed by atoms with Crippen molar-refractivity contribution in [3.63, 3.8) is 0 Å². The van der Waals surface area contributed by atoms with Crippen molar-refractivity contribution in [2.75, 3.05) is 0 Å². The van der Waals surface area contributed by atoms with Crippen LogP contribution in [0, 0.1) is 6.68 Å². The Morgan fingerprint density at radius 3 is 0.615 bits per heavy atom. The third-order valence-electron chi connectivity index (χ3n) is 0. The fourth-order valence-corrected chi connectivity index (χ4v) is 0. The monoisotopic (exact) mass is 244 g/mol. The van der Waals surface area contributed by atoms with Crippen LogP contribution >= 0.6 is 0 Å². The Kier molecular flexibility index (Phi) is 869. The van der Waals surface area contributed by atoms with Crippen molar-refractivity contribution in [3.05, 3.63) is 6.68 Å². The fourth-order valence-electron chi connectivity index (χ4n) is 0. The minimum absolute atomic E-state index is 0. The topological polar surface area (TPSA) is 68.3 Å².